The molecule has 144 valence electrons. The van der Waals surface area contributed by atoms with E-state index in [1.807, 2.05) is 32.0 Å². The summed E-state index contributed by atoms with van der Waals surface area (Å²) in [6, 6.07) is 9.35. The molecule has 0 saturated heterocycles. The first-order chi connectivity index (χ1) is 13.2. The molecule has 8 nitrogen and oxygen atoms in total. The fourth-order valence-corrected chi connectivity index (χ4v) is 3.16. The molecular formula is C20H19N3O5. The molecule has 0 aromatic heterocycles. The Morgan fingerprint density at radius 2 is 1.86 bits per heavy atom. The van der Waals surface area contributed by atoms with Gasteiger partial charge in [-0.25, -0.2) is 0 Å². The summed E-state index contributed by atoms with van der Waals surface area (Å²) in [7, 11) is 0. The largest absolute Gasteiger partial charge is 0.348 e. The van der Waals surface area contributed by atoms with Crippen molar-refractivity contribution in [1.29, 1.82) is 0 Å². The molecule has 1 aliphatic rings. The molecule has 0 radical (unpaired) electrons. The minimum atomic E-state index is -0.832. The summed E-state index contributed by atoms with van der Waals surface area (Å²) < 4.78 is 0. The van der Waals surface area contributed by atoms with Gasteiger partial charge in [-0.15, -0.1) is 0 Å². The molecule has 8 heteroatoms. The van der Waals surface area contributed by atoms with Gasteiger partial charge in [-0.2, -0.15) is 0 Å². The van der Waals surface area contributed by atoms with Crippen LogP contribution >= 0.6 is 0 Å². The molecule has 0 aliphatic carbocycles. The van der Waals surface area contributed by atoms with Gasteiger partial charge in [0.15, 0.2) is 0 Å². The van der Waals surface area contributed by atoms with Gasteiger partial charge in [0.1, 0.15) is 12.1 Å². The number of nitro groups is 1. The Morgan fingerprint density at radius 3 is 2.50 bits per heavy atom. The van der Waals surface area contributed by atoms with Gasteiger partial charge >= 0.3 is 0 Å². The number of nitrogens with one attached hydrogen (secondary N) is 1. The number of fused-ring (bicyclic) bond motifs is 1. The highest BCUT2D eigenvalue weighted by molar-refractivity contribution is 6.24. The number of hydrogen-bond acceptors (Lipinski definition) is 5. The second-order valence-electron chi connectivity index (χ2n) is 6.79. The summed E-state index contributed by atoms with van der Waals surface area (Å²) in [6.07, 6.45) is 0. The zero-order valence-corrected chi connectivity index (χ0v) is 15.7. The summed E-state index contributed by atoms with van der Waals surface area (Å²) in [5.74, 6) is -2.07. The van der Waals surface area contributed by atoms with Crippen LogP contribution in [0.3, 0.4) is 0 Å². The normalized spacial score (nSPS) is 14.0. The van der Waals surface area contributed by atoms with Crippen LogP contribution in [0.5, 0.6) is 0 Å². The predicted octanol–water partition coefficient (Wildman–Crippen LogP) is 2.69. The number of nitrogens with zero attached hydrogens (tertiary/aromatic N) is 2. The molecular weight excluding hydrogens is 362 g/mol. The van der Waals surface area contributed by atoms with Crippen molar-refractivity contribution >= 4 is 23.4 Å². The summed E-state index contributed by atoms with van der Waals surface area (Å²) in [6.45, 7) is 5.26. The molecule has 0 spiro atoms. The van der Waals surface area contributed by atoms with Crippen molar-refractivity contribution in [1.82, 2.24) is 10.2 Å². The van der Waals surface area contributed by atoms with Crippen LogP contribution in [0.15, 0.2) is 36.4 Å². The number of imide groups is 1. The van der Waals surface area contributed by atoms with Gasteiger partial charge in [-0.05, 0) is 43.5 Å². The number of rotatable bonds is 5. The average Bonchev–Trinajstić information content (AvgIpc) is 2.88. The van der Waals surface area contributed by atoms with Crippen LogP contribution in [0, 0.1) is 24.0 Å². The third kappa shape index (κ3) is 3.36. The second kappa shape index (κ2) is 7.22. The monoisotopic (exact) mass is 381 g/mol. The third-order valence-corrected chi connectivity index (χ3v) is 4.88. The first-order valence-electron chi connectivity index (χ1n) is 8.70. The maximum Gasteiger partial charge on any atom is 0.282 e. The zero-order valence-electron chi connectivity index (χ0n) is 15.7. The van der Waals surface area contributed by atoms with E-state index in [1.54, 1.807) is 6.92 Å². The SMILES string of the molecule is Cc1ccc([C@H](C)NC(=O)CN2C(=O)c3cccc([N+](=O)[O-])c3C2=O)cc1C. The third-order valence-electron chi connectivity index (χ3n) is 4.88. The topological polar surface area (TPSA) is 110 Å². The van der Waals surface area contributed by atoms with Crippen LogP contribution in [0.2, 0.25) is 0 Å². The van der Waals surface area contributed by atoms with E-state index in [4.69, 9.17) is 0 Å². The highest BCUT2D eigenvalue weighted by Gasteiger charge is 2.41. The Kier molecular flexibility index (Phi) is 4.96. The van der Waals surface area contributed by atoms with E-state index in [0.29, 0.717) is 0 Å². The van der Waals surface area contributed by atoms with Crippen molar-refractivity contribution in [3.8, 4) is 0 Å². The van der Waals surface area contributed by atoms with E-state index < -0.39 is 34.9 Å². The minimum Gasteiger partial charge on any atom is -0.348 e. The van der Waals surface area contributed by atoms with Gasteiger partial charge in [-0.3, -0.25) is 29.4 Å². The lowest BCUT2D eigenvalue weighted by atomic mass is 10.0. The van der Waals surface area contributed by atoms with Crippen LogP contribution in [-0.4, -0.2) is 34.1 Å². The Hall–Kier alpha value is -3.55. The summed E-state index contributed by atoms with van der Waals surface area (Å²) in [5.41, 5.74) is 2.35. The molecule has 0 saturated carbocycles. The summed E-state index contributed by atoms with van der Waals surface area (Å²) in [4.78, 5) is 48.6. The van der Waals surface area contributed by atoms with Crippen LogP contribution in [0.4, 0.5) is 5.69 Å². The van der Waals surface area contributed by atoms with Crippen molar-refractivity contribution in [2.24, 2.45) is 0 Å². The van der Waals surface area contributed by atoms with E-state index in [2.05, 4.69) is 5.32 Å². The number of nitro benzene ring substituents is 1. The van der Waals surface area contributed by atoms with Crippen molar-refractivity contribution in [2.75, 3.05) is 6.54 Å². The minimum absolute atomic E-state index is 0.0609. The molecule has 2 aromatic rings. The number of aryl methyl sites for hydroxylation is 2. The maximum absolute atomic E-state index is 12.5. The fraction of sp³-hybridized carbons (Fsp3) is 0.250. The van der Waals surface area contributed by atoms with E-state index in [9.17, 15) is 24.5 Å². The Balaban J connectivity index is 1.75. The van der Waals surface area contributed by atoms with Gasteiger partial charge in [0.05, 0.1) is 16.5 Å². The maximum atomic E-state index is 12.5. The molecule has 1 heterocycles. The predicted molar refractivity (Wildman–Crippen MR) is 101 cm³/mol. The highest BCUT2D eigenvalue weighted by atomic mass is 16.6. The standard InChI is InChI=1S/C20H19N3O5/c1-11-7-8-14(9-12(11)2)13(3)21-17(24)10-22-19(25)15-5-4-6-16(23(27)28)18(15)20(22)26/h4-9,13H,10H2,1-3H3,(H,21,24)/t13-/m0/s1. The van der Waals surface area contributed by atoms with Crippen molar-refractivity contribution in [3.63, 3.8) is 0 Å². The number of benzene rings is 2. The number of carbonyl (C=O) groups is 3. The van der Waals surface area contributed by atoms with Crippen LogP contribution < -0.4 is 5.32 Å². The average molecular weight is 381 g/mol. The molecule has 0 fully saturated rings. The molecule has 1 aliphatic heterocycles. The van der Waals surface area contributed by atoms with E-state index >= 15 is 0 Å². The van der Waals surface area contributed by atoms with Gasteiger partial charge in [0.2, 0.25) is 5.91 Å². The Bertz CT molecular complexity index is 1010. The van der Waals surface area contributed by atoms with E-state index in [0.717, 1.165) is 27.7 Å². The van der Waals surface area contributed by atoms with Crippen molar-refractivity contribution < 1.29 is 19.3 Å². The van der Waals surface area contributed by atoms with Crippen LogP contribution in [0.25, 0.3) is 0 Å². The van der Waals surface area contributed by atoms with Gasteiger partial charge < -0.3 is 5.32 Å². The van der Waals surface area contributed by atoms with Crippen molar-refractivity contribution in [2.45, 2.75) is 26.8 Å². The molecule has 1 atom stereocenters. The quantitative estimate of drug-likeness (QED) is 0.486. The number of carbonyl (C=O) groups excluding carboxylic acids is 3. The smallest absolute Gasteiger partial charge is 0.282 e. The first-order valence-corrected chi connectivity index (χ1v) is 8.70. The summed E-state index contributed by atoms with van der Waals surface area (Å²) >= 11 is 0. The van der Waals surface area contributed by atoms with Crippen molar-refractivity contribution in [3.05, 3.63) is 74.3 Å². The molecule has 0 bridgehead atoms. The second-order valence-corrected chi connectivity index (χ2v) is 6.79. The lowest BCUT2D eigenvalue weighted by Crippen LogP contribution is -2.41. The summed E-state index contributed by atoms with van der Waals surface area (Å²) in [5, 5.41) is 13.9. The zero-order chi connectivity index (χ0) is 20.6. The molecule has 2 aromatic carbocycles. The number of hydrogen-bond donors (Lipinski definition) is 1. The van der Waals surface area contributed by atoms with Gasteiger partial charge in [0.25, 0.3) is 17.5 Å². The molecule has 1 N–H and O–H groups in total. The lowest BCUT2D eigenvalue weighted by Gasteiger charge is -2.18. The first kappa shape index (κ1) is 19.2. The van der Waals surface area contributed by atoms with E-state index in [-0.39, 0.29) is 17.2 Å². The van der Waals surface area contributed by atoms with E-state index in [1.165, 1.54) is 12.1 Å². The Labute approximate surface area is 161 Å². The molecule has 0 unspecified atom stereocenters. The Morgan fingerprint density at radius 1 is 1.14 bits per heavy atom. The van der Waals surface area contributed by atoms with Gasteiger partial charge in [-0.1, -0.05) is 24.3 Å². The highest BCUT2D eigenvalue weighted by Crippen LogP contribution is 2.30. The number of amides is 3. The van der Waals surface area contributed by atoms with Crippen LogP contribution in [0.1, 0.15) is 50.4 Å². The van der Waals surface area contributed by atoms with Crippen LogP contribution in [-0.2, 0) is 4.79 Å². The van der Waals surface area contributed by atoms with Gasteiger partial charge in [0, 0.05) is 6.07 Å². The molecule has 3 rings (SSSR count). The fourth-order valence-electron chi connectivity index (χ4n) is 3.16. The molecule has 3 amide bonds. The lowest BCUT2D eigenvalue weighted by molar-refractivity contribution is -0.385. The molecule has 28 heavy (non-hydrogen) atoms.